The Balaban J connectivity index is 1.89. The first-order valence-corrected chi connectivity index (χ1v) is 10.6. The Kier molecular flexibility index (Phi) is 6.28. The molecule has 0 atom stereocenters. The number of carbonyl (C=O) groups excluding carboxylic acids is 1. The molecule has 0 saturated heterocycles. The highest BCUT2D eigenvalue weighted by atomic mass is 35.5. The second-order valence-corrected chi connectivity index (χ2v) is 8.51. The molecule has 0 heterocycles. The van der Waals surface area contributed by atoms with Gasteiger partial charge in [-0.1, -0.05) is 29.3 Å². The molecule has 0 unspecified atom stereocenters. The molecule has 0 aliphatic heterocycles. The highest BCUT2D eigenvalue weighted by molar-refractivity contribution is 7.92. The number of carbonyl (C=O) groups is 1. The van der Waals surface area contributed by atoms with Crippen LogP contribution >= 0.6 is 11.6 Å². The molecule has 0 fully saturated rings. The number of nitrogens with one attached hydrogen (secondary N) is 2. The molecule has 0 aliphatic carbocycles. The van der Waals surface area contributed by atoms with Gasteiger partial charge in [-0.05, 0) is 55.5 Å². The second kappa shape index (κ2) is 8.73. The lowest BCUT2D eigenvalue weighted by atomic mass is 10.1. The van der Waals surface area contributed by atoms with Gasteiger partial charge in [-0.3, -0.25) is 9.52 Å². The molecule has 0 aliphatic rings. The summed E-state index contributed by atoms with van der Waals surface area (Å²) in [7, 11) is -2.63. The van der Waals surface area contributed by atoms with Crippen molar-refractivity contribution in [3.63, 3.8) is 0 Å². The van der Waals surface area contributed by atoms with Gasteiger partial charge in [0.2, 0.25) is 0 Å². The predicted octanol–water partition coefficient (Wildman–Crippen LogP) is 4.85. The van der Waals surface area contributed by atoms with E-state index in [1.54, 1.807) is 24.3 Å². The highest BCUT2D eigenvalue weighted by Gasteiger charge is 2.19. The molecule has 9 heteroatoms. The van der Waals surface area contributed by atoms with Gasteiger partial charge in [0.25, 0.3) is 15.9 Å². The molecule has 3 aromatic rings. The van der Waals surface area contributed by atoms with Gasteiger partial charge in [0.15, 0.2) is 0 Å². The molecule has 3 aromatic carbocycles. The summed E-state index contributed by atoms with van der Waals surface area (Å²) in [6.45, 7) is 1.90. The smallest absolute Gasteiger partial charge is 0.261 e. The van der Waals surface area contributed by atoms with Gasteiger partial charge in [-0.25, -0.2) is 12.8 Å². The van der Waals surface area contributed by atoms with Gasteiger partial charge in [0, 0.05) is 5.56 Å². The Morgan fingerprint density at radius 2 is 1.73 bits per heavy atom. The van der Waals surface area contributed by atoms with E-state index in [1.807, 2.05) is 6.92 Å². The summed E-state index contributed by atoms with van der Waals surface area (Å²) in [5, 5.41) is 2.45. The normalized spacial score (nSPS) is 11.1. The van der Waals surface area contributed by atoms with Crippen molar-refractivity contribution in [2.75, 3.05) is 17.1 Å². The SMILES string of the molecule is COc1ccc(S(=O)(=O)Nc2ccc(F)c(Cl)c2)cc1NC(=O)c1ccc(C)cc1. The predicted molar refractivity (Wildman–Crippen MR) is 114 cm³/mol. The molecule has 1 amide bonds. The maximum absolute atomic E-state index is 13.3. The van der Waals surface area contributed by atoms with Crippen LogP contribution in [0.3, 0.4) is 0 Å². The molecule has 0 saturated carbocycles. The summed E-state index contributed by atoms with van der Waals surface area (Å²) in [6.07, 6.45) is 0. The first kappa shape index (κ1) is 21.6. The van der Waals surface area contributed by atoms with Crippen LogP contribution in [0.5, 0.6) is 5.75 Å². The number of ether oxygens (including phenoxy) is 1. The lowest BCUT2D eigenvalue weighted by Gasteiger charge is -2.14. The number of sulfonamides is 1. The molecule has 2 N–H and O–H groups in total. The van der Waals surface area contributed by atoms with Crippen LogP contribution in [-0.4, -0.2) is 21.4 Å². The molecular formula is C21H18ClFN2O4S. The third-order valence-corrected chi connectivity index (χ3v) is 5.88. The fourth-order valence-corrected chi connectivity index (χ4v) is 3.88. The van der Waals surface area contributed by atoms with Crippen molar-refractivity contribution >= 4 is 38.9 Å². The summed E-state index contributed by atoms with van der Waals surface area (Å²) in [5.41, 5.74) is 1.70. The number of amides is 1. The van der Waals surface area contributed by atoms with E-state index in [2.05, 4.69) is 10.0 Å². The Morgan fingerprint density at radius 1 is 1.03 bits per heavy atom. The summed E-state index contributed by atoms with van der Waals surface area (Å²) in [6, 6.07) is 14.4. The molecule has 30 heavy (non-hydrogen) atoms. The number of rotatable bonds is 6. The molecule has 0 aromatic heterocycles. The fraction of sp³-hybridized carbons (Fsp3) is 0.0952. The van der Waals surface area contributed by atoms with Crippen molar-refractivity contribution in [2.24, 2.45) is 0 Å². The van der Waals surface area contributed by atoms with Gasteiger partial charge in [0.1, 0.15) is 11.6 Å². The van der Waals surface area contributed by atoms with Gasteiger partial charge in [-0.15, -0.1) is 0 Å². The number of aryl methyl sites for hydroxylation is 1. The fourth-order valence-electron chi connectivity index (χ4n) is 2.63. The maximum atomic E-state index is 13.3. The van der Waals surface area contributed by atoms with E-state index in [4.69, 9.17) is 16.3 Å². The van der Waals surface area contributed by atoms with Crippen molar-refractivity contribution in [1.82, 2.24) is 0 Å². The lowest BCUT2D eigenvalue weighted by Crippen LogP contribution is -2.16. The number of hydrogen-bond acceptors (Lipinski definition) is 4. The molecule has 156 valence electrons. The zero-order valence-electron chi connectivity index (χ0n) is 16.1. The molecule has 0 bridgehead atoms. The van der Waals surface area contributed by atoms with Crippen LogP contribution < -0.4 is 14.8 Å². The first-order chi connectivity index (χ1) is 14.2. The summed E-state index contributed by atoms with van der Waals surface area (Å²) in [4.78, 5) is 12.4. The zero-order valence-corrected chi connectivity index (χ0v) is 17.6. The van der Waals surface area contributed by atoms with E-state index in [0.717, 1.165) is 17.7 Å². The van der Waals surface area contributed by atoms with Crippen LogP contribution in [0.2, 0.25) is 5.02 Å². The molecular weight excluding hydrogens is 431 g/mol. The van der Waals surface area contributed by atoms with Crippen LogP contribution in [0.1, 0.15) is 15.9 Å². The molecule has 0 spiro atoms. The van der Waals surface area contributed by atoms with Crippen LogP contribution in [0, 0.1) is 12.7 Å². The third kappa shape index (κ3) is 4.90. The standard InChI is InChI=1S/C21H18ClFN2O4S/c1-13-3-5-14(6-4-13)21(26)24-19-12-16(8-10-20(19)29-2)30(27,28)25-15-7-9-18(23)17(22)11-15/h3-12,25H,1-2H3,(H,24,26). The van der Waals surface area contributed by atoms with E-state index >= 15 is 0 Å². The Labute approximate surface area is 178 Å². The number of benzene rings is 3. The first-order valence-electron chi connectivity index (χ1n) is 8.73. The summed E-state index contributed by atoms with van der Waals surface area (Å²) in [5.74, 6) is -0.787. The second-order valence-electron chi connectivity index (χ2n) is 6.42. The number of methoxy groups -OCH3 is 1. The highest BCUT2D eigenvalue weighted by Crippen LogP contribution is 2.29. The van der Waals surface area contributed by atoms with Gasteiger partial charge < -0.3 is 10.1 Å². The summed E-state index contributed by atoms with van der Waals surface area (Å²) >= 11 is 5.70. The van der Waals surface area contributed by atoms with Gasteiger partial charge in [0.05, 0.1) is 28.4 Å². The molecule has 3 rings (SSSR count). The van der Waals surface area contributed by atoms with Crippen molar-refractivity contribution < 1.29 is 22.3 Å². The average molecular weight is 449 g/mol. The van der Waals surface area contributed by atoms with Crippen LogP contribution in [-0.2, 0) is 10.0 Å². The third-order valence-electron chi connectivity index (χ3n) is 4.22. The number of anilines is 2. The largest absolute Gasteiger partial charge is 0.495 e. The number of hydrogen-bond donors (Lipinski definition) is 2. The molecule has 6 nitrogen and oxygen atoms in total. The minimum atomic E-state index is -4.03. The minimum absolute atomic E-state index is 0.0995. The van der Waals surface area contributed by atoms with E-state index in [0.29, 0.717) is 11.3 Å². The van der Waals surface area contributed by atoms with E-state index in [1.165, 1.54) is 31.4 Å². The van der Waals surface area contributed by atoms with Crippen molar-refractivity contribution in [2.45, 2.75) is 11.8 Å². The van der Waals surface area contributed by atoms with Crippen molar-refractivity contribution in [3.05, 3.63) is 82.6 Å². The lowest BCUT2D eigenvalue weighted by molar-refractivity contribution is 0.102. The van der Waals surface area contributed by atoms with E-state index in [-0.39, 0.29) is 21.3 Å². The van der Waals surface area contributed by atoms with Crippen molar-refractivity contribution in [3.8, 4) is 5.75 Å². The Morgan fingerprint density at radius 3 is 2.37 bits per heavy atom. The monoisotopic (exact) mass is 448 g/mol. The van der Waals surface area contributed by atoms with Gasteiger partial charge >= 0.3 is 0 Å². The quantitative estimate of drug-likeness (QED) is 0.564. The topological polar surface area (TPSA) is 84.5 Å². The average Bonchev–Trinajstić information content (AvgIpc) is 2.71. The minimum Gasteiger partial charge on any atom is -0.495 e. The Bertz CT molecular complexity index is 1200. The van der Waals surface area contributed by atoms with E-state index in [9.17, 15) is 17.6 Å². The van der Waals surface area contributed by atoms with Crippen LogP contribution in [0.25, 0.3) is 0 Å². The molecule has 0 radical (unpaired) electrons. The zero-order chi connectivity index (χ0) is 21.9. The van der Waals surface area contributed by atoms with Crippen LogP contribution in [0.4, 0.5) is 15.8 Å². The van der Waals surface area contributed by atoms with E-state index < -0.39 is 21.7 Å². The van der Waals surface area contributed by atoms with Crippen LogP contribution in [0.15, 0.2) is 65.6 Å². The number of halogens is 2. The van der Waals surface area contributed by atoms with Gasteiger partial charge in [-0.2, -0.15) is 0 Å². The van der Waals surface area contributed by atoms with Crippen molar-refractivity contribution in [1.29, 1.82) is 0 Å². The maximum Gasteiger partial charge on any atom is 0.261 e. The summed E-state index contributed by atoms with van der Waals surface area (Å²) < 4.78 is 46.3. The Hall–Kier alpha value is -3.10.